The van der Waals surface area contributed by atoms with Crippen LogP contribution in [-0.2, 0) is 4.79 Å². The minimum Gasteiger partial charge on any atom is -0.325 e. The Morgan fingerprint density at radius 2 is 1.91 bits per heavy atom. The number of anilines is 1. The van der Waals surface area contributed by atoms with E-state index >= 15 is 0 Å². The van der Waals surface area contributed by atoms with Gasteiger partial charge in [-0.3, -0.25) is 4.79 Å². The smallest absolute Gasteiger partial charge is 0.224 e. The Hall–Kier alpha value is -1.78. The molecule has 23 heavy (non-hydrogen) atoms. The molecule has 3 rings (SSSR count). The second kappa shape index (κ2) is 8.18. The van der Waals surface area contributed by atoms with Gasteiger partial charge in [0, 0.05) is 22.3 Å². The first-order valence-corrected chi connectivity index (χ1v) is 8.98. The van der Waals surface area contributed by atoms with Gasteiger partial charge in [-0.1, -0.05) is 42.1 Å². The molecule has 0 saturated carbocycles. The van der Waals surface area contributed by atoms with E-state index in [4.69, 9.17) is 0 Å². The van der Waals surface area contributed by atoms with Crippen molar-refractivity contribution in [1.29, 1.82) is 0 Å². The molecule has 0 radical (unpaired) electrons. The van der Waals surface area contributed by atoms with Crippen LogP contribution in [0.5, 0.6) is 0 Å². The van der Waals surface area contributed by atoms with Crippen LogP contribution < -0.4 is 10.6 Å². The summed E-state index contributed by atoms with van der Waals surface area (Å²) in [5.74, 6) is 0.0970. The van der Waals surface area contributed by atoms with E-state index in [1.165, 1.54) is 17.7 Å². The van der Waals surface area contributed by atoms with Gasteiger partial charge in [0.1, 0.15) is 0 Å². The highest BCUT2D eigenvalue weighted by Gasteiger charge is 2.15. The summed E-state index contributed by atoms with van der Waals surface area (Å²) in [6, 6.07) is 18.7. The maximum Gasteiger partial charge on any atom is 0.224 e. The van der Waals surface area contributed by atoms with E-state index in [0.29, 0.717) is 12.5 Å². The van der Waals surface area contributed by atoms with E-state index in [2.05, 4.69) is 22.8 Å². The fourth-order valence-electron chi connectivity index (χ4n) is 2.80. The molecular weight excluding hydrogens is 304 g/mol. The van der Waals surface area contributed by atoms with Crippen molar-refractivity contribution in [2.45, 2.75) is 41.5 Å². The molecule has 0 aromatic heterocycles. The van der Waals surface area contributed by atoms with Gasteiger partial charge in [-0.15, -0.1) is 0 Å². The molecule has 4 heteroatoms. The highest BCUT2D eigenvalue weighted by Crippen LogP contribution is 2.33. The highest BCUT2D eigenvalue weighted by atomic mass is 32.2. The second-order valence-electron chi connectivity index (χ2n) is 5.79. The Morgan fingerprint density at radius 1 is 1.13 bits per heavy atom. The van der Waals surface area contributed by atoms with Gasteiger partial charge in [-0.05, 0) is 50.1 Å². The number of amides is 1. The zero-order valence-electron chi connectivity index (χ0n) is 13.1. The number of benzene rings is 2. The van der Waals surface area contributed by atoms with E-state index in [1.54, 1.807) is 11.8 Å². The molecule has 1 unspecified atom stereocenters. The average molecular weight is 326 g/mol. The fourth-order valence-corrected chi connectivity index (χ4v) is 3.72. The monoisotopic (exact) mass is 326 g/mol. The lowest BCUT2D eigenvalue weighted by Gasteiger charge is -2.12. The first kappa shape index (κ1) is 16.1. The number of para-hydroxylation sites is 1. The molecule has 1 atom stereocenters. The first-order valence-electron chi connectivity index (χ1n) is 8.16. The van der Waals surface area contributed by atoms with Crippen molar-refractivity contribution in [3.63, 3.8) is 0 Å². The van der Waals surface area contributed by atoms with Gasteiger partial charge in [0.2, 0.25) is 5.91 Å². The molecule has 3 nitrogen and oxygen atoms in total. The van der Waals surface area contributed by atoms with Gasteiger partial charge in [0.15, 0.2) is 0 Å². The van der Waals surface area contributed by atoms with E-state index in [9.17, 15) is 4.79 Å². The van der Waals surface area contributed by atoms with Crippen LogP contribution >= 0.6 is 11.8 Å². The molecule has 2 aromatic carbocycles. The zero-order valence-corrected chi connectivity index (χ0v) is 13.9. The summed E-state index contributed by atoms with van der Waals surface area (Å²) in [6.07, 6.45) is 3.90. The summed E-state index contributed by atoms with van der Waals surface area (Å²) in [6.45, 7) is 1.09. The molecule has 2 N–H and O–H groups in total. The van der Waals surface area contributed by atoms with Crippen LogP contribution in [0, 0.1) is 0 Å². The van der Waals surface area contributed by atoms with E-state index in [0.717, 1.165) is 23.5 Å². The predicted molar refractivity (Wildman–Crippen MR) is 95.9 cm³/mol. The zero-order chi connectivity index (χ0) is 15.9. The third-order valence-electron chi connectivity index (χ3n) is 4.01. The summed E-state index contributed by atoms with van der Waals surface area (Å²) >= 11 is 1.67. The van der Waals surface area contributed by atoms with Crippen molar-refractivity contribution in [2.24, 2.45) is 0 Å². The van der Waals surface area contributed by atoms with E-state index in [-0.39, 0.29) is 5.91 Å². The summed E-state index contributed by atoms with van der Waals surface area (Å²) in [5, 5.41) is 6.50. The number of hydrogen-bond acceptors (Lipinski definition) is 3. The Labute approximate surface area is 141 Å². The molecule has 1 saturated heterocycles. The molecule has 0 spiro atoms. The van der Waals surface area contributed by atoms with Crippen molar-refractivity contribution >= 4 is 23.4 Å². The van der Waals surface area contributed by atoms with Crippen LogP contribution in [0.4, 0.5) is 5.69 Å². The largest absolute Gasteiger partial charge is 0.325 e. The van der Waals surface area contributed by atoms with Crippen LogP contribution in [0.25, 0.3) is 0 Å². The lowest BCUT2D eigenvalue weighted by Crippen LogP contribution is -2.23. The van der Waals surface area contributed by atoms with Crippen molar-refractivity contribution < 1.29 is 4.79 Å². The Bertz CT molecular complexity index is 639. The third kappa shape index (κ3) is 4.85. The number of carbonyl (C=O) groups excluding carboxylic acids is 1. The lowest BCUT2D eigenvalue weighted by atomic mass is 10.1. The molecule has 0 bridgehead atoms. The van der Waals surface area contributed by atoms with Crippen LogP contribution in [0.1, 0.15) is 25.7 Å². The van der Waals surface area contributed by atoms with Crippen LogP contribution in [-0.4, -0.2) is 18.5 Å². The average Bonchev–Trinajstić information content (AvgIpc) is 3.09. The Balaban J connectivity index is 1.59. The van der Waals surface area contributed by atoms with Gasteiger partial charge < -0.3 is 10.6 Å². The number of carbonyl (C=O) groups is 1. The second-order valence-corrected chi connectivity index (χ2v) is 6.91. The molecule has 0 aliphatic carbocycles. The van der Waals surface area contributed by atoms with Gasteiger partial charge in [0.25, 0.3) is 0 Å². The van der Waals surface area contributed by atoms with Crippen molar-refractivity contribution in [1.82, 2.24) is 5.32 Å². The lowest BCUT2D eigenvalue weighted by molar-refractivity contribution is -0.116. The van der Waals surface area contributed by atoms with Gasteiger partial charge >= 0.3 is 0 Å². The van der Waals surface area contributed by atoms with Gasteiger partial charge in [-0.2, -0.15) is 0 Å². The van der Waals surface area contributed by atoms with Gasteiger partial charge in [-0.25, -0.2) is 0 Å². The third-order valence-corrected chi connectivity index (χ3v) is 5.10. The quantitative estimate of drug-likeness (QED) is 0.831. The summed E-state index contributed by atoms with van der Waals surface area (Å²) < 4.78 is 0. The van der Waals surface area contributed by atoms with Crippen LogP contribution in [0.2, 0.25) is 0 Å². The number of rotatable bonds is 6. The molecule has 1 heterocycles. The van der Waals surface area contributed by atoms with Crippen LogP contribution in [0.15, 0.2) is 64.4 Å². The minimum atomic E-state index is 0.0970. The number of nitrogens with one attached hydrogen (secondary N) is 2. The van der Waals surface area contributed by atoms with E-state index < -0.39 is 0 Å². The van der Waals surface area contributed by atoms with Crippen molar-refractivity contribution in [3.8, 4) is 0 Å². The molecule has 1 aliphatic rings. The molecule has 1 aliphatic heterocycles. The molecule has 1 amide bonds. The van der Waals surface area contributed by atoms with Gasteiger partial charge in [0.05, 0.1) is 5.69 Å². The summed E-state index contributed by atoms with van der Waals surface area (Å²) in [4.78, 5) is 14.5. The maximum atomic E-state index is 12.2. The minimum absolute atomic E-state index is 0.0970. The maximum absolute atomic E-state index is 12.2. The first-order chi connectivity index (χ1) is 11.3. The predicted octanol–water partition coefficient (Wildman–Crippen LogP) is 4.31. The summed E-state index contributed by atoms with van der Waals surface area (Å²) in [5.41, 5.74) is 0.894. The van der Waals surface area contributed by atoms with Crippen molar-refractivity contribution in [3.05, 3.63) is 54.6 Å². The Kier molecular flexibility index (Phi) is 5.72. The van der Waals surface area contributed by atoms with E-state index in [1.807, 2.05) is 42.5 Å². The molecule has 2 aromatic rings. The Morgan fingerprint density at radius 3 is 2.70 bits per heavy atom. The van der Waals surface area contributed by atoms with Crippen molar-refractivity contribution in [2.75, 3.05) is 11.9 Å². The normalized spacial score (nSPS) is 17.1. The SMILES string of the molecule is O=C(CCC1CCCN1)Nc1ccccc1Sc1ccccc1. The summed E-state index contributed by atoms with van der Waals surface area (Å²) in [7, 11) is 0. The standard InChI is InChI=1S/C19H22N2OS/c22-19(13-12-15-7-6-14-20-15)21-17-10-4-5-11-18(17)23-16-8-2-1-3-9-16/h1-5,8-11,15,20H,6-7,12-14H2,(H,21,22). The fraction of sp³-hybridized carbons (Fsp3) is 0.316. The molecule has 1 fully saturated rings. The highest BCUT2D eigenvalue weighted by molar-refractivity contribution is 7.99. The number of hydrogen-bond donors (Lipinski definition) is 2. The molecule has 120 valence electrons. The topological polar surface area (TPSA) is 41.1 Å². The molecular formula is C19H22N2OS. The van der Waals surface area contributed by atoms with Crippen LogP contribution in [0.3, 0.4) is 0 Å².